The van der Waals surface area contributed by atoms with Crippen molar-refractivity contribution in [2.75, 3.05) is 6.61 Å². The van der Waals surface area contributed by atoms with Gasteiger partial charge in [-0.15, -0.1) is 5.10 Å². The molecule has 0 radical (unpaired) electrons. The van der Waals surface area contributed by atoms with Gasteiger partial charge in [-0.1, -0.05) is 78.3 Å². The van der Waals surface area contributed by atoms with Crippen LogP contribution in [-0.2, 0) is 4.74 Å². The number of hydrogen-bond donors (Lipinski definition) is 1. The maximum absolute atomic E-state index is 15.4. The average molecular weight is 563 g/mol. The van der Waals surface area contributed by atoms with E-state index in [2.05, 4.69) is 62.2 Å². The minimum atomic E-state index is -0.588. The van der Waals surface area contributed by atoms with Gasteiger partial charge in [0.2, 0.25) is 5.95 Å². The molecule has 1 unspecified atom stereocenters. The fourth-order valence-electron chi connectivity index (χ4n) is 6.02. The van der Waals surface area contributed by atoms with Gasteiger partial charge in [0.05, 0.1) is 10.9 Å². The highest BCUT2D eigenvalue weighted by molar-refractivity contribution is 6.01. The van der Waals surface area contributed by atoms with Crippen LogP contribution in [0.3, 0.4) is 0 Å². The first-order valence-corrected chi connectivity index (χ1v) is 14.6. The van der Waals surface area contributed by atoms with Crippen molar-refractivity contribution in [1.82, 2.24) is 19.9 Å². The summed E-state index contributed by atoms with van der Waals surface area (Å²) in [5, 5.41) is 8.47. The molecule has 1 N–H and O–H groups in total. The first-order valence-electron chi connectivity index (χ1n) is 14.6. The van der Waals surface area contributed by atoms with E-state index in [4.69, 9.17) is 4.74 Å². The number of H-pyrrole nitrogens is 1. The third kappa shape index (κ3) is 5.14. The molecule has 0 spiro atoms. The van der Waals surface area contributed by atoms with Crippen LogP contribution in [0.1, 0.15) is 72.8 Å². The zero-order valence-electron chi connectivity index (χ0n) is 23.1. The largest absolute Gasteiger partial charge is 0.439 e. The van der Waals surface area contributed by atoms with Crippen LogP contribution in [0.15, 0.2) is 82.1 Å². The second-order valence-corrected chi connectivity index (χ2v) is 11.0. The number of benzene rings is 3. The van der Waals surface area contributed by atoms with Gasteiger partial charge in [-0.3, -0.25) is 9.51 Å². The predicted octanol–water partition coefficient (Wildman–Crippen LogP) is 7.48. The van der Waals surface area contributed by atoms with Crippen molar-refractivity contribution in [3.8, 4) is 0 Å². The van der Waals surface area contributed by atoms with Crippen LogP contribution < -0.4 is 5.76 Å². The molecule has 2 fully saturated rings. The Labute approximate surface area is 242 Å². The molecule has 212 valence electrons. The van der Waals surface area contributed by atoms with Gasteiger partial charge in [-0.25, -0.2) is 9.48 Å². The second kappa shape index (κ2) is 11.4. The minimum absolute atomic E-state index is 0.239. The van der Waals surface area contributed by atoms with Crippen molar-refractivity contribution in [3.05, 3.63) is 117 Å². The third-order valence-electron chi connectivity index (χ3n) is 8.34. The van der Waals surface area contributed by atoms with Crippen molar-refractivity contribution in [2.45, 2.75) is 44.8 Å². The molecule has 0 bridgehead atoms. The lowest BCUT2D eigenvalue weighted by atomic mass is 9.73. The summed E-state index contributed by atoms with van der Waals surface area (Å²) in [5.74, 6) is -0.286. The smallest absolute Gasteiger partial charge is 0.356 e. The lowest BCUT2D eigenvalue weighted by molar-refractivity contribution is -0.0375. The lowest BCUT2D eigenvalue weighted by Crippen LogP contribution is -2.19. The Kier molecular flexibility index (Phi) is 7.13. The van der Waals surface area contributed by atoms with E-state index in [1.54, 1.807) is 10.8 Å². The second-order valence-electron chi connectivity index (χ2n) is 11.0. The Morgan fingerprint density at radius 2 is 1.71 bits per heavy atom. The maximum Gasteiger partial charge on any atom is 0.439 e. The van der Waals surface area contributed by atoms with Crippen LogP contribution in [0.2, 0.25) is 0 Å². The Balaban J connectivity index is 1.35. The molecule has 7 rings (SSSR count). The number of ether oxygens (including phenoxy) is 1. The third-order valence-corrected chi connectivity index (χ3v) is 8.34. The molecule has 7 nitrogen and oxygen atoms in total. The summed E-state index contributed by atoms with van der Waals surface area (Å²) in [7, 11) is 0. The highest BCUT2D eigenvalue weighted by Crippen LogP contribution is 2.45. The van der Waals surface area contributed by atoms with Gasteiger partial charge in [0, 0.05) is 6.61 Å². The number of allylic oxidation sites excluding steroid dienone is 1. The number of fused-ring (bicyclic) bond motifs is 1. The number of nitrogens with one attached hydrogen (secondary N) is 1. The van der Waals surface area contributed by atoms with Gasteiger partial charge in [0.1, 0.15) is 0 Å². The summed E-state index contributed by atoms with van der Waals surface area (Å²) >= 11 is 0. The molecule has 3 aromatic carbocycles. The van der Waals surface area contributed by atoms with E-state index in [1.165, 1.54) is 17.6 Å². The zero-order chi connectivity index (χ0) is 28.5. The van der Waals surface area contributed by atoms with Crippen LogP contribution in [0.5, 0.6) is 0 Å². The summed E-state index contributed by atoms with van der Waals surface area (Å²) in [6.45, 7) is 0.669. The summed E-state index contributed by atoms with van der Waals surface area (Å²) in [6, 6.07) is 24.8. The average Bonchev–Trinajstić information content (AvgIpc) is 3.58. The Morgan fingerprint density at radius 3 is 2.40 bits per heavy atom. The van der Waals surface area contributed by atoms with Crippen molar-refractivity contribution in [3.63, 3.8) is 0 Å². The predicted molar refractivity (Wildman–Crippen MR) is 161 cm³/mol. The Hall–Kier alpha value is -4.56. The Bertz CT molecular complexity index is 1820. The van der Waals surface area contributed by atoms with E-state index in [0.717, 1.165) is 59.9 Å². The molecule has 2 aromatic heterocycles. The van der Waals surface area contributed by atoms with Crippen LogP contribution >= 0.6 is 0 Å². The molecule has 3 heterocycles. The summed E-state index contributed by atoms with van der Waals surface area (Å²) in [6.07, 6.45) is 9.67. The highest BCUT2D eigenvalue weighted by Gasteiger charge is 2.28. The molecular weight excluding hydrogens is 531 g/mol. The molecule has 1 saturated heterocycles. The van der Waals surface area contributed by atoms with Crippen LogP contribution in [0.4, 0.5) is 4.39 Å². The van der Waals surface area contributed by atoms with Crippen molar-refractivity contribution < 1.29 is 13.7 Å². The SMILES string of the molecule is O=c1[nH]c(/C=C/c2ccc(/C(=C(\c3ccccc3)C3CCC3)c3ccc4c(c3)c(F)nn4C3CCCCO3)cc2)no1. The van der Waals surface area contributed by atoms with Crippen LogP contribution in [0, 0.1) is 11.9 Å². The summed E-state index contributed by atoms with van der Waals surface area (Å²) < 4.78 is 27.6. The first kappa shape index (κ1) is 26.3. The van der Waals surface area contributed by atoms with E-state index in [-0.39, 0.29) is 6.23 Å². The topological polar surface area (TPSA) is 85.9 Å². The minimum Gasteiger partial charge on any atom is -0.356 e. The van der Waals surface area contributed by atoms with Gasteiger partial charge in [0.15, 0.2) is 12.1 Å². The van der Waals surface area contributed by atoms with Gasteiger partial charge in [0.25, 0.3) is 0 Å². The number of nitrogens with zero attached hydrogens (tertiary/aromatic N) is 3. The van der Waals surface area contributed by atoms with Gasteiger partial charge in [-0.2, -0.15) is 4.39 Å². The summed E-state index contributed by atoms with van der Waals surface area (Å²) in [5.41, 5.74) is 7.28. The Morgan fingerprint density at radius 1 is 0.905 bits per heavy atom. The molecule has 0 amide bonds. The van der Waals surface area contributed by atoms with E-state index in [1.807, 2.05) is 36.4 Å². The molecule has 42 heavy (non-hydrogen) atoms. The van der Waals surface area contributed by atoms with Crippen molar-refractivity contribution >= 4 is 34.2 Å². The molecule has 5 aromatic rings. The molecule has 1 aliphatic heterocycles. The first-order chi connectivity index (χ1) is 20.6. The molecule has 8 heteroatoms. The van der Waals surface area contributed by atoms with Gasteiger partial charge < -0.3 is 4.74 Å². The summed E-state index contributed by atoms with van der Waals surface area (Å²) in [4.78, 5) is 13.8. The van der Waals surface area contributed by atoms with E-state index >= 15 is 4.39 Å². The molecule has 2 aliphatic rings. The zero-order valence-corrected chi connectivity index (χ0v) is 23.1. The van der Waals surface area contributed by atoms with Gasteiger partial charge >= 0.3 is 5.76 Å². The number of aromatic nitrogens is 4. The monoisotopic (exact) mass is 562 g/mol. The quantitative estimate of drug-likeness (QED) is 0.208. The number of halogens is 1. The number of rotatable bonds is 7. The van der Waals surface area contributed by atoms with E-state index < -0.39 is 11.7 Å². The fourth-order valence-corrected chi connectivity index (χ4v) is 6.02. The van der Waals surface area contributed by atoms with Crippen LogP contribution in [0.25, 0.3) is 34.2 Å². The van der Waals surface area contributed by atoms with E-state index in [9.17, 15) is 4.79 Å². The maximum atomic E-state index is 15.4. The molecular formula is C34H31FN4O3. The fraction of sp³-hybridized carbons (Fsp3) is 0.265. The lowest BCUT2D eigenvalue weighted by Gasteiger charge is -2.31. The number of hydrogen-bond acceptors (Lipinski definition) is 5. The molecule has 1 atom stereocenters. The standard InChI is InChI=1S/C34H31FN4O3/c35-33-27-21-26(17-18-28(27)39(37-33)30-11-4-5-20-41-30)32(31(24-9-6-10-24)23-7-2-1-3-8-23)25-15-12-22(13-16-25)14-19-29-36-34(40)42-38-29/h1-3,7-8,12-19,21,24,30H,4-6,9-11,20H2,(H,36,38,40)/b19-14+,32-31-. The normalized spacial score (nSPS) is 18.4. The van der Waals surface area contributed by atoms with Gasteiger partial charge in [-0.05, 0) is 89.6 Å². The highest BCUT2D eigenvalue weighted by atomic mass is 19.1. The van der Waals surface area contributed by atoms with Crippen LogP contribution in [-0.4, -0.2) is 26.5 Å². The number of aromatic amines is 1. The van der Waals surface area contributed by atoms with Crippen molar-refractivity contribution in [2.24, 2.45) is 5.92 Å². The van der Waals surface area contributed by atoms with E-state index in [0.29, 0.717) is 23.7 Å². The molecule has 1 aliphatic carbocycles. The van der Waals surface area contributed by atoms with Crippen molar-refractivity contribution in [1.29, 1.82) is 0 Å². The molecule has 1 saturated carbocycles.